The fraction of sp³-hybridized carbons (Fsp3) is 0.889. The van der Waals surface area contributed by atoms with Crippen LogP contribution in [0.4, 0.5) is 0 Å². The molecule has 9 N–H and O–H groups in total. The highest BCUT2D eigenvalue weighted by molar-refractivity contribution is 5.76. The zero-order chi connectivity index (χ0) is 68.7. The van der Waals surface area contributed by atoms with Gasteiger partial charge in [-0.05, 0) is 64.2 Å². The van der Waals surface area contributed by atoms with Gasteiger partial charge in [0.15, 0.2) is 12.6 Å². The number of hydrogen-bond acceptors (Lipinski definition) is 13. The predicted molar refractivity (Wildman–Crippen MR) is 392 cm³/mol. The standard InChI is InChI=1S/C81H151NO13/c1-3-5-7-9-11-13-15-17-19-21-23-25-27-29-31-33-34-35-37-38-40-42-44-46-48-50-52-54-56-58-60-62-64-70(85)69(68-92-80-78(91)76(89)79(72(67-84)94-80)95-81-77(90)75(88)74(87)71(66-83)93-81)82-73(86)65-63-61-59-57-55-53-51-49-47-45-43-41-39-36-32-30-28-26-24-22-20-18-16-14-12-10-8-6-4-2/h16,18,22,24,54,56,62,64,69-72,74-81,83-85,87-91H,3-15,17,19-21,23,25-53,55,57-61,63,65-68H2,1-2H3,(H,82,86)/b18-16-,24-22-,56-54+,64-62+. The topological polar surface area (TPSA) is 228 Å². The molecule has 14 heteroatoms. The first-order valence-corrected chi connectivity index (χ1v) is 40.4. The minimum atomic E-state index is -1.79. The number of carbonyl (C=O) groups excluding carboxylic acids is 1. The molecule has 2 aliphatic rings. The fourth-order valence-electron chi connectivity index (χ4n) is 13.3. The summed E-state index contributed by atoms with van der Waals surface area (Å²) in [6.45, 7) is 2.83. The van der Waals surface area contributed by atoms with E-state index in [1.165, 1.54) is 295 Å². The molecule has 12 atom stereocenters. The Labute approximate surface area is 582 Å². The lowest BCUT2D eigenvalue weighted by molar-refractivity contribution is -0.359. The number of rotatable bonds is 68. The van der Waals surface area contributed by atoms with Gasteiger partial charge in [-0.3, -0.25) is 4.79 Å². The Hall–Kier alpha value is -2.05. The molecule has 2 fully saturated rings. The van der Waals surface area contributed by atoms with Crippen LogP contribution in [0.5, 0.6) is 0 Å². The average molecular weight is 1350 g/mol. The van der Waals surface area contributed by atoms with Crippen LogP contribution in [-0.2, 0) is 23.7 Å². The number of carbonyl (C=O) groups is 1. The summed E-state index contributed by atoms with van der Waals surface area (Å²) in [5.74, 6) is -0.243. The summed E-state index contributed by atoms with van der Waals surface area (Å²) in [6.07, 6.45) is 70.6. The van der Waals surface area contributed by atoms with Crippen LogP contribution in [-0.4, -0.2) is 140 Å². The van der Waals surface area contributed by atoms with Gasteiger partial charge in [-0.15, -0.1) is 0 Å². The Morgan fingerprint density at radius 3 is 1.09 bits per heavy atom. The number of aliphatic hydroxyl groups is 8. The molecule has 95 heavy (non-hydrogen) atoms. The van der Waals surface area contributed by atoms with Crippen LogP contribution in [0.2, 0.25) is 0 Å². The van der Waals surface area contributed by atoms with E-state index in [1.807, 2.05) is 6.08 Å². The van der Waals surface area contributed by atoms with Gasteiger partial charge in [0, 0.05) is 6.42 Å². The summed E-state index contributed by atoms with van der Waals surface area (Å²) < 4.78 is 22.9. The molecule has 0 aliphatic carbocycles. The van der Waals surface area contributed by atoms with Gasteiger partial charge < -0.3 is 65.1 Å². The van der Waals surface area contributed by atoms with E-state index in [9.17, 15) is 45.6 Å². The SMILES string of the molecule is CCCCCCC/C=C\C/C=C\CCCCCCCCCCCCCCCCCCCC(=O)NC(COC1OC(CO)C(OC2OC(CO)C(O)C(O)C2O)C(O)C1O)C(O)/C=C/CC/C=C/CCCCCCCCCCCCCCCCCCCCCCCCCCCC. The van der Waals surface area contributed by atoms with Crippen molar-refractivity contribution < 1.29 is 64.6 Å². The summed E-state index contributed by atoms with van der Waals surface area (Å²) in [5.41, 5.74) is 0. The second kappa shape index (κ2) is 65.3. The van der Waals surface area contributed by atoms with Crippen LogP contribution >= 0.6 is 0 Å². The maximum atomic E-state index is 13.4. The van der Waals surface area contributed by atoms with Crippen LogP contribution in [0.3, 0.4) is 0 Å². The zero-order valence-corrected chi connectivity index (χ0v) is 61.2. The second-order valence-corrected chi connectivity index (χ2v) is 28.5. The molecule has 0 aromatic heterocycles. The van der Waals surface area contributed by atoms with Gasteiger partial charge in [0.1, 0.15) is 48.8 Å². The molecule has 1 amide bonds. The Morgan fingerprint density at radius 1 is 0.379 bits per heavy atom. The largest absolute Gasteiger partial charge is 0.394 e. The molecule has 0 radical (unpaired) electrons. The summed E-state index contributed by atoms with van der Waals surface area (Å²) in [6, 6.07) is -0.934. The van der Waals surface area contributed by atoms with Gasteiger partial charge in [-0.25, -0.2) is 0 Å². The minimum Gasteiger partial charge on any atom is -0.394 e. The third-order valence-electron chi connectivity index (χ3n) is 19.7. The third-order valence-corrected chi connectivity index (χ3v) is 19.7. The number of ether oxygens (including phenoxy) is 4. The van der Waals surface area contributed by atoms with Gasteiger partial charge >= 0.3 is 0 Å². The second-order valence-electron chi connectivity index (χ2n) is 28.5. The molecule has 2 aliphatic heterocycles. The lowest BCUT2D eigenvalue weighted by Crippen LogP contribution is -2.65. The number of aliphatic hydroxyl groups excluding tert-OH is 8. The van der Waals surface area contributed by atoms with Crippen molar-refractivity contribution in [1.82, 2.24) is 5.32 Å². The van der Waals surface area contributed by atoms with E-state index in [4.69, 9.17) is 18.9 Å². The number of nitrogens with one attached hydrogen (secondary N) is 1. The van der Waals surface area contributed by atoms with E-state index in [0.717, 1.165) is 38.5 Å². The molecule has 2 rings (SSSR count). The molecule has 12 unspecified atom stereocenters. The zero-order valence-electron chi connectivity index (χ0n) is 61.2. The fourth-order valence-corrected chi connectivity index (χ4v) is 13.3. The highest BCUT2D eigenvalue weighted by atomic mass is 16.7. The molecule has 0 aromatic carbocycles. The van der Waals surface area contributed by atoms with Crippen molar-refractivity contribution in [2.45, 2.75) is 441 Å². The summed E-state index contributed by atoms with van der Waals surface area (Å²) in [4.78, 5) is 13.4. The average Bonchev–Trinajstić information content (AvgIpc) is 0.801. The van der Waals surface area contributed by atoms with E-state index in [1.54, 1.807) is 6.08 Å². The van der Waals surface area contributed by atoms with E-state index < -0.39 is 86.8 Å². The smallest absolute Gasteiger partial charge is 0.220 e. The van der Waals surface area contributed by atoms with Crippen molar-refractivity contribution >= 4 is 5.91 Å². The summed E-state index contributed by atoms with van der Waals surface area (Å²) >= 11 is 0. The monoisotopic (exact) mass is 1350 g/mol. The highest BCUT2D eigenvalue weighted by Crippen LogP contribution is 2.30. The van der Waals surface area contributed by atoms with Gasteiger partial charge in [0.25, 0.3) is 0 Å². The normalized spacial score (nSPS) is 22.5. The van der Waals surface area contributed by atoms with Crippen molar-refractivity contribution in [3.8, 4) is 0 Å². The summed E-state index contributed by atoms with van der Waals surface area (Å²) in [5, 5.41) is 87.7. The maximum Gasteiger partial charge on any atom is 0.220 e. The van der Waals surface area contributed by atoms with Crippen LogP contribution in [0.1, 0.15) is 367 Å². The minimum absolute atomic E-state index is 0.243. The molecule has 14 nitrogen and oxygen atoms in total. The number of allylic oxidation sites excluding steroid dienone is 7. The first-order chi connectivity index (χ1) is 46.6. The van der Waals surface area contributed by atoms with Gasteiger partial charge in [-0.2, -0.15) is 0 Å². The Morgan fingerprint density at radius 2 is 0.705 bits per heavy atom. The van der Waals surface area contributed by atoms with Crippen LogP contribution in [0, 0.1) is 0 Å². The molecular formula is C81H151NO13. The van der Waals surface area contributed by atoms with Gasteiger partial charge in [-0.1, -0.05) is 345 Å². The van der Waals surface area contributed by atoms with Crippen molar-refractivity contribution in [1.29, 1.82) is 0 Å². The highest BCUT2D eigenvalue weighted by Gasteiger charge is 2.51. The Balaban J connectivity index is 1.63. The first kappa shape index (κ1) is 89.0. The Bertz CT molecular complexity index is 1780. The van der Waals surface area contributed by atoms with Gasteiger partial charge in [0.05, 0.1) is 32.0 Å². The quantitative estimate of drug-likeness (QED) is 0.0204. The van der Waals surface area contributed by atoms with Crippen LogP contribution in [0.15, 0.2) is 48.6 Å². The van der Waals surface area contributed by atoms with Crippen molar-refractivity contribution in [2.75, 3.05) is 19.8 Å². The van der Waals surface area contributed by atoms with Crippen molar-refractivity contribution in [3.63, 3.8) is 0 Å². The predicted octanol–water partition coefficient (Wildman–Crippen LogP) is 18.2. The number of amides is 1. The number of hydrogen-bond donors (Lipinski definition) is 9. The van der Waals surface area contributed by atoms with Crippen molar-refractivity contribution in [3.05, 3.63) is 48.6 Å². The van der Waals surface area contributed by atoms with E-state index in [-0.39, 0.29) is 18.9 Å². The van der Waals surface area contributed by atoms with E-state index in [2.05, 4.69) is 55.6 Å². The molecular weight excluding hydrogens is 1190 g/mol. The molecule has 0 spiro atoms. The molecule has 0 aromatic rings. The first-order valence-electron chi connectivity index (χ1n) is 40.4. The Kier molecular flexibility index (Phi) is 61.2. The van der Waals surface area contributed by atoms with Gasteiger partial charge in [0.2, 0.25) is 5.91 Å². The summed E-state index contributed by atoms with van der Waals surface area (Å²) in [7, 11) is 0. The van der Waals surface area contributed by atoms with Crippen LogP contribution in [0.25, 0.3) is 0 Å². The molecule has 2 saturated heterocycles. The van der Waals surface area contributed by atoms with Crippen LogP contribution < -0.4 is 5.32 Å². The third kappa shape index (κ3) is 48.4. The van der Waals surface area contributed by atoms with E-state index in [0.29, 0.717) is 12.8 Å². The lowest BCUT2D eigenvalue weighted by Gasteiger charge is -2.46. The molecule has 0 saturated carbocycles. The molecule has 2 heterocycles. The molecule has 558 valence electrons. The molecule has 0 bridgehead atoms. The lowest BCUT2D eigenvalue weighted by atomic mass is 9.97. The van der Waals surface area contributed by atoms with E-state index >= 15 is 0 Å². The van der Waals surface area contributed by atoms with Crippen molar-refractivity contribution in [2.24, 2.45) is 0 Å². The maximum absolute atomic E-state index is 13.4. The number of unbranched alkanes of at least 4 members (excludes halogenated alkanes) is 49.